The number of para-hydroxylation sites is 1. The van der Waals surface area contributed by atoms with Gasteiger partial charge in [-0.2, -0.15) is 0 Å². The molecule has 0 saturated carbocycles. The molecule has 112 valence electrons. The Labute approximate surface area is 127 Å². The van der Waals surface area contributed by atoms with E-state index in [-0.39, 0.29) is 0 Å². The van der Waals surface area contributed by atoms with E-state index in [2.05, 4.69) is 47.5 Å². The zero-order valence-electron chi connectivity index (χ0n) is 12.9. The van der Waals surface area contributed by atoms with Gasteiger partial charge >= 0.3 is 0 Å². The smallest absolute Gasteiger partial charge is 0.0726 e. The molecule has 1 saturated heterocycles. The number of fused-ring (bicyclic) bond motifs is 1. The molecule has 0 bridgehead atoms. The number of hydrogen-bond acceptors (Lipinski definition) is 3. The van der Waals surface area contributed by atoms with Gasteiger partial charge in [0.2, 0.25) is 0 Å². The molecule has 2 aromatic rings. The number of pyridine rings is 1. The minimum absolute atomic E-state index is 0.849. The van der Waals surface area contributed by atoms with Crippen LogP contribution in [0.4, 0.5) is 5.69 Å². The molecule has 1 aliphatic rings. The fourth-order valence-corrected chi connectivity index (χ4v) is 3.13. The van der Waals surface area contributed by atoms with Crippen molar-refractivity contribution in [2.45, 2.75) is 39.2 Å². The first-order valence-electron chi connectivity index (χ1n) is 8.23. The van der Waals surface area contributed by atoms with Crippen molar-refractivity contribution in [3.63, 3.8) is 0 Å². The van der Waals surface area contributed by atoms with Crippen molar-refractivity contribution in [3.05, 3.63) is 36.0 Å². The molecule has 0 atom stereocenters. The van der Waals surface area contributed by atoms with Crippen LogP contribution in [0.3, 0.4) is 0 Å². The molecule has 1 fully saturated rings. The fourth-order valence-electron chi connectivity index (χ4n) is 3.13. The molecule has 0 amide bonds. The van der Waals surface area contributed by atoms with Gasteiger partial charge in [0.25, 0.3) is 0 Å². The summed E-state index contributed by atoms with van der Waals surface area (Å²) in [7, 11) is 0. The Morgan fingerprint density at radius 1 is 1.10 bits per heavy atom. The highest BCUT2D eigenvalue weighted by Gasteiger charge is 2.14. The fraction of sp³-hybridized carbons (Fsp3) is 0.500. The average Bonchev–Trinajstić information content (AvgIpc) is 2.81. The summed E-state index contributed by atoms with van der Waals surface area (Å²) < 4.78 is 0. The zero-order valence-corrected chi connectivity index (χ0v) is 12.9. The van der Waals surface area contributed by atoms with Crippen LogP contribution in [-0.4, -0.2) is 24.6 Å². The Hall–Kier alpha value is -1.61. The number of rotatable bonds is 4. The van der Waals surface area contributed by atoms with Crippen molar-refractivity contribution in [2.24, 2.45) is 0 Å². The van der Waals surface area contributed by atoms with Crippen molar-refractivity contribution in [1.82, 2.24) is 10.3 Å². The summed E-state index contributed by atoms with van der Waals surface area (Å²) in [5, 5.41) is 4.68. The third-order valence-electron chi connectivity index (χ3n) is 4.25. The minimum Gasteiger partial charge on any atom is -0.371 e. The van der Waals surface area contributed by atoms with Crippen molar-refractivity contribution in [2.75, 3.05) is 24.5 Å². The quantitative estimate of drug-likeness (QED) is 0.927. The maximum Gasteiger partial charge on any atom is 0.0726 e. The maximum atomic E-state index is 4.80. The van der Waals surface area contributed by atoms with Gasteiger partial charge in [-0.05, 0) is 31.5 Å². The molecular formula is C18H25N3. The summed E-state index contributed by atoms with van der Waals surface area (Å²) >= 11 is 0. The molecule has 0 aliphatic carbocycles. The Kier molecular flexibility index (Phi) is 4.71. The van der Waals surface area contributed by atoms with E-state index in [4.69, 9.17) is 4.98 Å². The number of hydrogen-bond donors (Lipinski definition) is 1. The molecule has 0 unspecified atom stereocenters. The predicted molar refractivity (Wildman–Crippen MR) is 89.8 cm³/mol. The normalized spacial score (nSPS) is 16.1. The van der Waals surface area contributed by atoms with Crippen LogP contribution in [0, 0.1) is 0 Å². The van der Waals surface area contributed by atoms with Gasteiger partial charge in [0.05, 0.1) is 11.2 Å². The third kappa shape index (κ3) is 3.35. The van der Waals surface area contributed by atoms with Gasteiger partial charge in [-0.25, -0.2) is 0 Å². The van der Waals surface area contributed by atoms with Crippen LogP contribution in [0.1, 0.15) is 38.3 Å². The maximum absolute atomic E-state index is 4.80. The Bertz CT molecular complexity index is 586. The molecule has 1 aromatic heterocycles. The standard InChI is InChI=1S/C18H25N3/c1-2-19-14-15-13-18(21-11-7-3-4-8-12-21)16-9-5-6-10-17(16)20-15/h5-6,9-10,13,19H,2-4,7-8,11-12,14H2,1H3. The number of nitrogens with zero attached hydrogens (tertiary/aromatic N) is 2. The molecule has 1 aliphatic heterocycles. The van der Waals surface area contributed by atoms with Gasteiger partial charge in [-0.1, -0.05) is 38.0 Å². The van der Waals surface area contributed by atoms with Crippen molar-refractivity contribution in [1.29, 1.82) is 0 Å². The summed E-state index contributed by atoms with van der Waals surface area (Å²) in [6, 6.07) is 10.8. The summed E-state index contributed by atoms with van der Waals surface area (Å²) in [6.07, 6.45) is 5.34. The van der Waals surface area contributed by atoms with Crippen molar-refractivity contribution < 1.29 is 0 Å². The van der Waals surface area contributed by atoms with Gasteiger partial charge < -0.3 is 10.2 Å². The number of nitrogens with one attached hydrogen (secondary N) is 1. The molecule has 0 spiro atoms. The predicted octanol–water partition coefficient (Wildman–Crippen LogP) is 3.72. The second-order valence-corrected chi connectivity index (χ2v) is 5.83. The van der Waals surface area contributed by atoms with E-state index in [9.17, 15) is 0 Å². The highest BCUT2D eigenvalue weighted by molar-refractivity contribution is 5.92. The van der Waals surface area contributed by atoms with E-state index in [1.54, 1.807) is 0 Å². The monoisotopic (exact) mass is 283 g/mol. The number of anilines is 1. The van der Waals surface area contributed by atoms with E-state index in [1.807, 2.05) is 0 Å². The van der Waals surface area contributed by atoms with E-state index >= 15 is 0 Å². The van der Waals surface area contributed by atoms with Crippen LogP contribution in [0.5, 0.6) is 0 Å². The second-order valence-electron chi connectivity index (χ2n) is 5.83. The van der Waals surface area contributed by atoms with E-state index < -0.39 is 0 Å². The SMILES string of the molecule is CCNCc1cc(N2CCCCCC2)c2ccccc2n1. The lowest BCUT2D eigenvalue weighted by Gasteiger charge is -2.25. The van der Waals surface area contributed by atoms with Gasteiger partial charge in [-0.15, -0.1) is 0 Å². The van der Waals surface area contributed by atoms with Crippen LogP contribution in [0.25, 0.3) is 10.9 Å². The Morgan fingerprint density at radius 3 is 2.62 bits per heavy atom. The molecule has 3 rings (SSSR count). The molecule has 21 heavy (non-hydrogen) atoms. The lowest BCUT2D eigenvalue weighted by molar-refractivity contribution is 0.711. The molecule has 1 N–H and O–H groups in total. The molecule has 2 heterocycles. The zero-order chi connectivity index (χ0) is 14.5. The molecule has 3 nitrogen and oxygen atoms in total. The van der Waals surface area contributed by atoms with Crippen LogP contribution in [0.2, 0.25) is 0 Å². The first kappa shape index (κ1) is 14.3. The second kappa shape index (κ2) is 6.90. The summed E-state index contributed by atoms with van der Waals surface area (Å²) in [4.78, 5) is 7.36. The highest BCUT2D eigenvalue weighted by Crippen LogP contribution is 2.28. The number of benzene rings is 1. The lowest BCUT2D eigenvalue weighted by atomic mass is 10.1. The van der Waals surface area contributed by atoms with Crippen molar-refractivity contribution in [3.8, 4) is 0 Å². The van der Waals surface area contributed by atoms with E-state index in [0.29, 0.717) is 0 Å². The molecule has 3 heteroatoms. The van der Waals surface area contributed by atoms with Gasteiger partial charge in [0, 0.05) is 30.7 Å². The van der Waals surface area contributed by atoms with Crippen LogP contribution >= 0.6 is 0 Å². The largest absolute Gasteiger partial charge is 0.371 e. The van der Waals surface area contributed by atoms with Gasteiger partial charge in [0.1, 0.15) is 0 Å². The van der Waals surface area contributed by atoms with Crippen LogP contribution in [0.15, 0.2) is 30.3 Å². The van der Waals surface area contributed by atoms with E-state index in [0.717, 1.165) is 24.3 Å². The first-order chi connectivity index (χ1) is 10.4. The summed E-state index contributed by atoms with van der Waals surface area (Å²) in [6.45, 7) is 6.32. The van der Waals surface area contributed by atoms with Crippen LogP contribution < -0.4 is 10.2 Å². The van der Waals surface area contributed by atoms with Crippen LogP contribution in [-0.2, 0) is 6.54 Å². The molecular weight excluding hydrogens is 258 g/mol. The molecule has 0 radical (unpaired) electrons. The molecule has 1 aromatic carbocycles. The van der Waals surface area contributed by atoms with Crippen molar-refractivity contribution >= 4 is 16.6 Å². The Morgan fingerprint density at radius 2 is 1.86 bits per heavy atom. The number of aromatic nitrogens is 1. The Balaban J connectivity index is 2.00. The summed E-state index contributed by atoms with van der Waals surface area (Å²) in [5.41, 5.74) is 3.64. The average molecular weight is 283 g/mol. The van der Waals surface area contributed by atoms with Gasteiger partial charge in [0.15, 0.2) is 0 Å². The topological polar surface area (TPSA) is 28.2 Å². The summed E-state index contributed by atoms with van der Waals surface area (Å²) in [5.74, 6) is 0. The highest BCUT2D eigenvalue weighted by atomic mass is 15.1. The van der Waals surface area contributed by atoms with E-state index in [1.165, 1.54) is 49.8 Å². The minimum atomic E-state index is 0.849. The lowest BCUT2D eigenvalue weighted by Crippen LogP contribution is -2.24. The first-order valence-corrected chi connectivity index (χ1v) is 8.23. The van der Waals surface area contributed by atoms with Gasteiger partial charge in [-0.3, -0.25) is 4.98 Å². The third-order valence-corrected chi connectivity index (χ3v) is 4.25.